The molecule has 4 aromatic rings. The predicted octanol–water partition coefficient (Wildman–Crippen LogP) is 2.72. The summed E-state index contributed by atoms with van der Waals surface area (Å²) in [7, 11) is -8.27. The molecule has 6 rings (SSSR count). The fourth-order valence-corrected chi connectivity index (χ4v) is 9.27. The van der Waals surface area contributed by atoms with Crippen LogP contribution < -0.4 is 58.4 Å². The summed E-state index contributed by atoms with van der Waals surface area (Å²) >= 11 is 0. The molecule has 0 fully saturated rings. The molecule has 2 aliphatic rings. The van der Waals surface area contributed by atoms with Crippen LogP contribution in [0.15, 0.2) is 121 Å². The average Bonchev–Trinajstić information content (AvgIpc) is 3.45. The van der Waals surface area contributed by atoms with E-state index in [4.69, 9.17) is 0 Å². The van der Waals surface area contributed by atoms with Crippen molar-refractivity contribution < 1.29 is 84.1 Å². The van der Waals surface area contributed by atoms with Gasteiger partial charge in [-0.3, -0.25) is 4.55 Å². The second-order valence-corrected chi connectivity index (χ2v) is 18.0. The number of anilines is 1. The van der Waals surface area contributed by atoms with E-state index in [-0.39, 0.29) is 75.9 Å². The van der Waals surface area contributed by atoms with Gasteiger partial charge in [-0.05, 0) is 78.4 Å². The van der Waals surface area contributed by atoms with E-state index in [0.29, 0.717) is 38.8 Å². The zero-order valence-electron chi connectivity index (χ0n) is 32.2. The molecule has 286 valence electrons. The SMILES string of the molecule is CC1(C)C(/C=C/C=C/C=C/C=C2\N(CCCCS(=O)(=O)[O-])c3ccc4ccccc4c3C2(C)C)=[N+](CCCCS(=O)(=O)O)c2ccc3ccccc3c21.[I-].[Na+]. The van der Waals surface area contributed by atoms with Crippen LogP contribution >= 0.6 is 0 Å². The smallest absolute Gasteiger partial charge is 1.00 e. The minimum absolute atomic E-state index is 0. The number of allylic oxidation sites excluding steroid dienone is 8. The molecule has 1 N–H and O–H groups in total. The van der Waals surface area contributed by atoms with E-state index < -0.39 is 20.2 Å². The van der Waals surface area contributed by atoms with Crippen molar-refractivity contribution in [2.24, 2.45) is 0 Å². The van der Waals surface area contributed by atoms with Crippen molar-refractivity contribution >= 4 is 58.9 Å². The number of rotatable bonds is 14. The standard InChI is InChI=1S/C43H48N2O6S2.HI.Na/c1-42(2)38(44(28-14-16-30-52(46,47)48)36-26-24-32-18-10-12-20-34(32)40(36)42)22-8-6-5-7-9-23-39-43(3,4)41-35-21-13-11-19-33(35)25-27-37(41)45(39)29-15-17-31-53(49,50)51;;/h5-13,18-27H,14-17,28-31H2,1-4H3,(H-,46,47,48,49,50,51);1H;/q;;+1/p-1. The van der Waals surface area contributed by atoms with Crippen LogP contribution in [0.5, 0.6) is 0 Å². The van der Waals surface area contributed by atoms with Crippen molar-refractivity contribution in [1.29, 1.82) is 0 Å². The molecule has 55 heavy (non-hydrogen) atoms. The topological polar surface area (TPSA) is 118 Å². The predicted molar refractivity (Wildman–Crippen MR) is 216 cm³/mol. The van der Waals surface area contributed by atoms with E-state index in [9.17, 15) is 25.9 Å². The first-order chi connectivity index (χ1) is 25.1. The van der Waals surface area contributed by atoms with Crippen LogP contribution in [-0.2, 0) is 31.1 Å². The molecule has 0 atom stereocenters. The Morgan fingerprint density at radius 2 is 1.29 bits per heavy atom. The minimum atomic E-state index is -4.26. The number of unbranched alkanes of at least 4 members (excludes halogenated alkanes) is 2. The molecule has 4 aromatic carbocycles. The maximum absolute atomic E-state index is 11.4. The van der Waals surface area contributed by atoms with E-state index in [1.165, 1.54) is 32.7 Å². The summed E-state index contributed by atoms with van der Waals surface area (Å²) in [6, 6.07) is 25.3. The van der Waals surface area contributed by atoms with Crippen molar-refractivity contribution in [3.63, 3.8) is 0 Å². The molecule has 2 heterocycles. The third kappa shape index (κ3) is 10.1. The van der Waals surface area contributed by atoms with Gasteiger partial charge in [0, 0.05) is 53.2 Å². The Labute approximate surface area is 365 Å². The Morgan fingerprint density at radius 1 is 0.709 bits per heavy atom. The fraction of sp³-hybridized carbons (Fsp3) is 0.326. The zero-order valence-corrected chi connectivity index (χ0v) is 38.0. The largest absolute Gasteiger partial charge is 1.00 e. The van der Waals surface area contributed by atoms with Gasteiger partial charge < -0.3 is 33.4 Å². The van der Waals surface area contributed by atoms with Gasteiger partial charge in [-0.15, -0.1) is 0 Å². The Balaban J connectivity index is 0.00000336. The Morgan fingerprint density at radius 3 is 1.95 bits per heavy atom. The second-order valence-electron chi connectivity index (χ2n) is 14.9. The minimum Gasteiger partial charge on any atom is -1.00 e. The first-order valence-corrected chi connectivity index (χ1v) is 21.4. The number of halogens is 1. The maximum Gasteiger partial charge on any atom is 1.00 e. The van der Waals surface area contributed by atoms with Gasteiger partial charge in [0.25, 0.3) is 10.1 Å². The maximum atomic E-state index is 11.4. The van der Waals surface area contributed by atoms with Crippen LogP contribution in [-0.4, -0.2) is 60.8 Å². The molecule has 0 amide bonds. The van der Waals surface area contributed by atoms with Crippen molar-refractivity contribution in [2.45, 2.75) is 64.2 Å². The Hall–Kier alpha value is -2.62. The van der Waals surface area contributed by atoms with Gasteiger partial charge in [-0.1, -0.05) is 98.8 Å². The molecule has 0 aliphatic carbocycles. The summed E-state index contributed by atoms with van der Waals surface area (Å²) in [5, 5.41) is 4.72. The van der Waals surface area contributed by atoms with Crippen molar-refractivity contribution in [3.05, 3.63) is 132 Å². The quantitative estimate of drug-likeness (QED) is 0.0517. The molecule has 12 heteroatoms. The molecule has 0 saturated heterocycles. The van der Waals surface area contributed by atoms with Crippen LogP contribution in [0.1, 0.15) is 64.5 Å². The Kier molecular flexibility index (Phi) is 15.0. The van der Waals surface area contributed by atoms with Crippen LogP contribution in [0.25, 0.3) is 21.5 Å². The zero-order chi connectivity index (χ0) is 38.0. The number of hydrogen-bond donors (Lipinski definition) is 1. The van der Waals surface area contributed by atoms with Gasteiger partial charge in [-0.2, -0.15) is 13.0 Å². The van der Waals surface area contributed by atoms with E-state index >= 15 is 0 Å². The normalized spacial score (nSPS) is 17.1. The summed E-state index contributed by atoms with van der Waals surface area (Å²) in [6.07, 6.45) is 16.2. The summed E-state index contributed by atoms with van der Waals surface area (Å²) in [6.45, 7) is 10.1. The molecule has 0 spiro atoms. The molecule has 0 bridgehead atoms. The van der Waals surface area contributed by atoms with Crippen LogP contribution in [0.3, 0.4) is 0 Å². The fourth-order valence-electron chi connectivity index (χ4n) is 8.14. The third-order valence-electron chi connectivity index (χ3n) is 10.5. The summed E-state index contributed by atoms with van der Waals surface area (Å²) in [5.74, 6) is -0.620. The molecule has 2 aliphatic heterocycles. The number of fused-ring (bicyclic) bond motifs is 6. The van der Waals surface area contributed by atoms with Crippen LogP contribution in [0, 0.1) is 0 Å². The van der Waals surface area contributed by atoms with Gasteiger partial charge in [0.05, 0.1) is 21.3 Å². The summed E-state index contributed by atoms with van der Waals surface area (Å²) < 4.78 is 68.1. The van der Waals surface area contributed by atoms with Crippen molar-refractivity contribution in [1.82, 2.24) is 0 Å². The molecule has 8 nitrogen and oxygen atoms in total. The van der Waals surface area contributed by atoms with Gasteiger partial charge >= 0.3 is 29.6 Å². The van der Waals surface area contributed by atoms with Crippen LogP contribution in [0.2, 0.25) is 0 Å². The summed E-state index contributed by atoms with van der Waals surface area (Å²) in [5.41, 5.74) is 6.29. The molecule has 0 unspecified atom stereocenters. The molecule has 0 aromatic heterocycles. The monoisotopic (exact) mass is 902 g/mol. The van der Waals surface area contributed by atoms with E-state index in [1.54, 1.807) is 0 Å². The number of nitrogens with zero attached hydrogens (tertiary/aromatic N) is 2. The van der Waals surface area contributed by atoms with Gasteiger partial charge in [0.15, 0.2) is 5.71 Å². The van der Waals surface area contributed by atoms with Crippen LogP contribution in [0.4, 0.5) is 11.4 Å². The number of benzene rings is 4. The molecule has 0 saturated carbocycles. The van der Waals surface area contributed by atoms with Crippen molar-refractivity contribution in [2.75, 3.05) is 29.5 Å². The average molecular weight is 903 g/mol. The first-order valence-electron chi connectivity index (χ1n) is 18.2. The third-order valence-corrected chi connectivity index (χ3v) is 12.1. The van der Waals surface area contributed by atoms with E-state index in [0.717, 1.165) is 22.8 Å². The van der Waals surface area contributed by atoms with Crippen molar-refractivity contribution in [3.8, 4) is 0 Å². The second kappa shape index (κ2) is 18.3. The Bertz CT molecular complexity index is 2430. The summed E-state index contributed by atoms with van der Waals surface area (Å²) in [4.78, 5) is 2.26. The molecular weight excluding hydrogens is 855 g/mol. The van der Waals surface area contributed by atoms with E-state index in [2.05, 4.69) is 110 Å². The van der Waals surface area contributed by atoms with E-state index in [1.807, 2.05) is 42.5 Å². The molecular formula is C43H48IN2NaO6S2. The van der Waals surface area contributed by atoms with Gasteiger partial charge in [-0.25, -0.2) is 8.42 Å². The first kappa shape index (κ1) is 45.1. The van der Waals surface area contributed by atoms with Gasteiger partial charge in [0.2, 0.25) is 5.69 Å². The number of hydrogen-bond acceptors (Lipinski definition) is 6. The van der Waals surface area contributed by atoms with Gasteiger partial charge in [0.1, 0.15) is 6.54 Å². The molecule has 0 radical (unpaired) electrons.